The second kappa shape index (κ2) is 12.1. The molecule has 0 N–H and O–H groups in total. The summed E-state index contributed by atoms with van der Waals surface area (Å²) in [5.74, 6) is 0.878. The summed E-state index contributed by atoms with van der Waals surface area (Å²) in [4.78, 5) is 5.00. The molecule has 1 aliphatic heterocycles. The van der Waals surface area contributed by atoms with Crippen LogP contribution in [0, 0.1) is 0 Å². The molecular weight excluding hydrogens is 586 g/mol. The Labute approximate surface area is 256 Å². The molecule has 1 fully saturated rings. The van der Waals surface area contributed by atoms with Crippen molar-refractivity contribution in [2.75, 3.05) is 19.9 Å². The van der Waals surface area contributed by atoms with E-state index in [1.165, 1.54) is 11.8 Å². The van der Waals surface area contributed by atoms with Gasteiger partial charge in [-0.25, -0.2) is 13.1 Å². The molecule has 6 rings (SSSR count). The van der Waals surface area contributed by atoms with Crippen molar-refractivity contribution in [1.82, 2.24) is 14.7 Å². The molecule has 0 radical (unpaired) electrons. The highest BCUT2D eigenvalue weighted by molar-refractivity contribution is 7.90. The van der Waals surface area contributed by atoms with Gasteiger partial charge in [-0.2, -0.15) is 5.10 Å². The molecule has 1 saturated heterocycles. The van der Waals surface area contributed by atoms with Gasteiger partial charge in [0.2, 0.25) is 0 Å². The van der Waals surface area contributed by atoms with Crippen molar-refractivity contribution in [2.45, 2.75) is 36.7 Å². The number of thiophene rings is 1. The number of para-hydroxylation sites is 1. The van der Waals surface area contributed by atoms with E-state index in [0.29, 0.717) is 22.4 Å². The second-order valence-corrected chi connectivity index (χ2v) is 14.2. The Balaban J connectivity index is 1.30. The van der Waals surface area contributed by atoms with Crippen LogP contribution < -0.4 is 4.74 Å². The van der Waals surface area contributed by atoms with Gasteiger partial charge < -0.3 is 4.74 Å². The van der Waals surface area contributed by atoms with Crippen molar-refractivity contribution >= 4 is 32.8 Å². The number of sulfone groups is 1. The molecular formula is C33H32ClN3O3S2. The average Bonchev–Trinajstić information content (AvgIpc) is 3.74. The van der Waals surface area contributed by atoms with Gasteiger partial charge in [0.1, 0.15) is 5.75 Å². The maximum atomic E-state index is 12.1. The van der Waals surface area contributed by atoms with Gasteiger partial charge in [-0.05, 0) is 85.1 Å². The monoisotopic (exact) mass is 617 g/mol. The third-order valence-electron chi connectivity index (χ3n) is 7.69. The van der Waals surface area contributed by atoms with Crippen molar-refractivity contribution in [3.8, 4) is 21.9 Å². The highest BCUT2D eigenvalue weighted by Crippen LogP contribution is 2.36. The summed E-state index contributed by atoms with van der Waals surface area (Å²) in [5, 5.41) is 5.72. The maximum absolute atomic E-state index is 12.1. The van der Waals surface area contributed by atoms with Crippen LogP contribution in [0.3, 0.4) is 0 Å². The van der Waals surface area contributed by atoms with E-state index in [4.69, 9.17) is 21.4 Å². The lowest BCUT2D eigenvalue weighted by Crippen LogP contribution is -2.23. The molecule has 216 valence electrons. The fraction of sp³-hybridized carbons (Fsp3) is 0.242. The fourth-order valence-electron chi connectivity index (χ4n) is 5.65. The molecule has 0 aliphatic carbocycles. The first-order chi connectivity index (χ1) is 20.3. The van der Waals surface area contributed by atoms with Crippen LogP contribution in [0.1, 0.15) is 40.7 Å². The molecule has 2 aromatic heterocycles. The Morgan fingerprint density at radius 1 is 1.00 bits per heavy atom. The maximum Gasteiger partial charge on any atom is 0.175 e. The summed E-state index contributed by atoms with van der Waals surface area (Å²) in [6, 6.07) is 29.9. The predicted octanol–water partition coefficient (Wildman–Crippen LogP) is 7.59. The first-order valence-electron chi connectivity index (χ1n) is 13.9. The lowest BCUT2D eigenvalue weighted by molar-refractivity contribution is 0.244. The number of ether oxygens (including phenoxy) is 1. The minimum atomic E-state index is -3.28. The van der Waals surface area contributed by atoms with Gasteiger partial charge in [-0.15, -0.1) is 11.3 Å². The van der Waals surface area contributed by atoms with Crippen molar-refractivity contribution in [1.29, 1.82) is 0 Å². The molecule has 9 heteroatoms. The second-order valence-electron chi connectivity index (χ2n) is 10.6. The van der Waals surface area contributed by atoms with E-state index in [1.54, 1.807) is 36.6 Å². The molecule has 1 atom stereocenters. The third-order valence-corrected chi connectivity index (χ3v) is 10.2. The first kappa shape index (κ1) is 28.7. The molecule has 42 heavy (non-hydrogen) atoms. The van der Waals surface area contributed by atoms with E-state index in [1.807, 2.05) is 41.1 Å². The number of likely N-dealkylation sites (tertiary alicyclic amines) is 1. The predicted molar refractivity (Wildman–Crippen MR) is 170 cm³/mol. The zero-order chi connectivity index (χ0) is 29.3. The number of hydrogen-bond acceptors (Lipinski definition) is 6. The van der Waals surface area contributed by atoms with Crippen LogP contribution in [-0.4, -0.2) is 43.0 Å². The van der Waals surface area contributed by atoms with Crippen LogP contribution in [0.4, 0.5) is 0 Å². The number of halogens is 1. The zero-order valence-electron chi connectivity index (χ0n) is 23.5. The van der Waals surface area contributed by atoms with Crippen molar-refractivity contribution < 1.29 is 13.2 Å². The molecule has 0 saturated carbocycles. The van der Waals surface area contributed by atoms with Crippen molar-refractivity contribution in [3.63, 3.8) is 0 Å². The Morgan fingerprint density at radius 2 is 1.83 bits per heavy atom. The summed E-state index contributed by atoms with van der Waals surface area (Å²) in [6.07, 6.45) is 4.15. The van der Waals surface area contributed by atoms with Crippen LogP contribution in [-0.2, 0) is 22.8 Å². The summed E-state index contributed by atoms with van der Waals surface area (Å²) in [5.41, 5.74) is 5.06. The molecule has 1 unspecified atom stereocenters. The quantitative estimate of drug-likeness (QED) is 0.170. The summed E-state index contributed by atoms with van der Waals surface area (Å²) < 4.78 is 31.6. The van der Waals surface area contributed by atoms with Crippen molar-refractivity contribution in [3.05, 3.63) is 118 Å². The van der Waals surface area contributed by atoms with Gasteiger partial charge in [0.25, 0.3) is 0 Å². The lowest BCUT2D eigenvalue weighted by Gasteiger charge is -2.24. The highest BCUT2D eigenvalue weighted by Gasteiger charge is 2.27. The van der Waals surface area contributed by atoms with E-state index in [2.05, 4.69) is 41.3 Å². The van der Waals surface area contributed by atoms with Gasteiger partial charge in [0.15, 0.2) is 9.84 Å². The summed E-state index contributed by atoms with van der Waals surface area (Å²) >= 11 is 8.31. The number of rotatable bonds is 9. The molecule has 0 bridgehead atoms. The third kappa shape index (κ3) is 6.17. The molecule has 0 spiro atoms. The van der Waals surface area contributed by atoms with Crippen LogP contribution in [0.2, 0.25) is 5.02 Å². The molecule has 1 aliphatic rings. The first-order valence-corrected chi connectivity index (χ1v) is 17.0. The van der Waals surface area contributed by atoms with Gasteiger partial charge in [0, 0.05) is 40.7 Å². The molecule has 3 aromatic carbocycles. The molecule has 5 aromatic rings. The standard InChI is InChI=1S/C33H32ClN3O3S2/c1-40-27-10-5-8-23(18-27)31-14-7-17-36(31)22-25-20-26(37(35-25)32-13-4-3-12-30(32)34)21-28-15-16-33(41-28)24-9-6-11-29(19-24)42(2,38)39/h3-6,8-13,15-16,18-20,31H,7,14,17,21-22H2,1-2H3. The average molecular weight is 618 g/mol. The van der Waals surface area contributed by atoms with E-state index >= 15 is 0 Å². The molecule has 0 amide bonds. The molecule has 3 heterocycles. The summed E-state index contributed by atoms with van der Waals surface area (Å²) in [6.45, 7) is 1.75. The smallest absolute Gasteiger partial charge is 0.175 e. The van der Waals surface area contributed by atoms with Crippen LogP contribution in [0.15, 0.2) is 95.9 Å². The number of benzene rings is 3. The van der Waals surface area contributed by atoms with Gasteiger partial charge in [-0.3, -0.25) is 4.90 Å². The topological polar surface area (TPSA) is 64.4 Å². The number of hydrogen-bond donors (Lipinski definition) is 0. The zero-order valence-corrected chi connectivity index (χ0v) is 25.9. The van der Waals surface area contributed by atoms with Crippen LogP contribution >= 0.6 is 22.9 Å². The largest absolute Gasteiger partial charge is 0.497 e. The van der Waals surface area contributed by atoms with Crippen LogP contribution in [0.5, 0.6) is 5.75 Å². The lowest BCUT2D eigenvalue weighted by atomic mass is 10.0. The van der Waals surface area contributed by atoms with Crippen molar-refractivity contribution in [2.24, 2.45) is 0 Å². The normalized spacial score (nSPS) is 15.7. The van der Waals surface area contributed by atoms with Gasteiger partial charge >= 0.3 is 0 Å². The number of nitrogens with zero attached hydrogens (tertiary/aromatic N) is 3. The number of aromatic nitrogens is 2. The fourth-order valence-corrected chi connectivity index (χ4v) is 7.55. The Bertz CT molecular complexity index is 1830. The Kier molecular flexibility index (Phi) is 8.23. The summed E-state index contributed by atoms with van der Waals surface area (Å²) in [7, 11) is -1.57. The Morgan fingerprint density at radius 3 is 2.64 bits per heavy atom. The number of methoxy groups -OCH3 is 1. The van der Waals surface area contributed by atoms with E-state index in [-0.39, 0.29) is 0 Å². The highest BCUT2D eigenvalue weighted by atomic mass is 35.5. The minimum Gasteiger partial charge on any atom is -0.497 e. The van der Waals surface area contributed by atoms with E-state index in [9.17, 15) is 8.42 Å². The van der Waals surface area contributed by atoms with E-state index < -0.39 is 9.84 Å². The molecule has 6 nitrogen and oxygen atoms in total. The van der Waals surface area contributed by atoms with Gasteiger partial charge in [0.05, 0.1) is 28.4 Å². The SMILES string of the molecule is COc1cccc(C2CCCN2Cc2cc(Cc3ccc(-c4cccc(S(C)(=O)=O)c4)s3)n(-c3ccccc3Cl)n2)c1. The van der Waals surface area contributed by atoms with Crippen LogP contribution in [0.25, 0.3) is 16.1 Å². The minimum absolute atomic E-state index is 0.316. The van der Waals surface area contributed by atoms with Gasteiger partial charge in [-0.1, -0.05) is 48.0 Å². The Hall–Kier alpha value is -3.43. The van der Waals surface area contributed by atoms with E-state index in [0.717, 1.165) is 64.1 Å².